The van der Waals surface area contributed by atoms with E-state index < -0.39 is 118 Å². The molecular weight excluding hydrogens is 1020 g/mol. The minimum Gasteiger partial charge on any atom is -0.480 e. The quantitative estimate of drug-likeness (QED) is 0.0179. The van der Waals surface area contributed by atoms with Crippen LogP contribution in [0, 0.1) is 0 Å². The predicted molar refractivity (Wildman–Crippen MR) is 283 cm³/mol. The number of carbonyl (C=O) groups excluding carboxylic acids is 7. The molecule has 26 heteroatoms. The number of nitrogens with two attached hydrogens (primary N) is 1. The van der Waals surface area contributed by atoms with Gasteiger partial charge in [0.1, 0.15) is 44.4 Å². The van der Waals surface area contributed by atoms with E-state index in [1.165, 1.54) is 71.6 Å². The predicted octanol–water partition coefficient (Wildman–Crippen LogP) is 1.53. The number of phosphoric acid groups is 1. The van der Waals surface area contributed by atoms with Crippen molar-refractivity contribution in [2.45, 2.75) is 186 Å². The van der Waals surface area contributed by atoms with Crippen molar-refractivity contribution in [3.05, 3.63) is 0 Å². The Balaban J connectivity index is 5.27. The van der Waals surface area contributed by atoms with Crippen molar-refractivity contribution < 1.29 is 86.1 Å². The van der Waals surface area contributed by atoms with Crippen molar-refractivity contribution in [3.63, 3.8) is 0 Å². The molecule has 1 unspecified atom stereocenters. The first-order valence-corrected chi connectivity index (χ1v) is 28.5. The van der Waals surface area contributed by atoms with Crippen molar-refractivity contribution in [3.8, 4) is 0 Å². The number of esters is 2. The fourth-order valence-electron chi connectivity index (χ4n) is 7.24. The third kappa shape index (κ3) is 40.0. The van der Waals surface area contributed by atoms with Gasteiger partial charge in [0, 0.05) is 12.8 Å². The summed E-state index contributed by atoms with van der Waals surface area (Å²) in [5, 5.41) is 40.1. The van der Waals surface area contributed by atoms with Crippen LogP contribution in [0.15, 0.2) is 0 Å². The number of likely N-dealkylation sites (N-methyl/N-ethyl adjacent to an activating group) is 1. The van der Waals surface area contributed by atoms with Crippen LogP contribution in [0.5, 0.6) is 0 Å². The molecule has 0 aromatic carbocycles. The number of unbranched alkanes of at least 4 members (excludes halogenated alkanes) is 14. The molecule has 0 rings (SSSR count). The lowest BCUT2D eigenvalue weighted by molar-refractivity contribution is -0.870. The van der Waals surface area contributed by atoms with E-state index in [2.05, 4.69) is 33.5 Å². The molecule has 0 aliphatic heterocycles. The zero-order chi connectivity index (χ0) is 57.5. The van der Waals surface area contributed by atoms with Gasteiger partial charge in [0.05, 0.1) is 53.0 Å². The number of aliphatic hydroxyl groups is 2. The second kappa shape index (κ2) is 41.7. The fraction of sp³-hybridized carbons (Fsp3) is 0.840. The van der Waals surface area contributed by atoms with Gasteiger partial charge < -0.3 is 71.4 Å². The molecule has 5 amide bonds. The lowest BCUT2D eigenvalue weighted by atomic mass is 10.0. The molecular formula is C50H96N8O17P+. The molecule has 0 bridgehead atoms. The summed E-state index contributed by atoms with van der Waals surface area (Å²) in [7, 11) is 2.98. The fourth-order valence-corrected chi connectivity index (χ4v) is 7.98. The molecule has 25 nitrogen and oxygen atoms in total. The van der Waals surface area contributed by atoms with E-state index in [1.807, 2.05) is 33.1 Å². The monoisotopic (exact) mass is 1110 g/mol. The number of carboxylic acid groups (broad SMARTS) is 1. The first-order chi connectivity index (χ1) is 35.8. The molecule has 0 saturated carbocycles. The Morgan fingerprint density at radius 1 is 0.632 bits per heavy atom. The van der Waals surface area contributed by atoms with Gasteiger partial charge in [-0.1, -0.05) is 84.0 Å². The Bertz CT molecular complexity index is 1760. The molecule has 76 heavy (non-hydrogen) atoms. The number of aliphatic carboxylic acids is 1. The summed E-state index contributed by atoms with van der Waals surface area (Å²) >= 11 is 0. The Kier molecular flexibility index (Phi) is 39.3. The molecule has 0 spiro atoms. The van der Waals surface area contributed by atoms with Crippen molar-refractivity contribution >= 4 is 55.3 Å². The van der Waals surface area contributed by atoms with Crippen LogP contribution in [0.2, 0.25) is 0 Å². The van der Waals surface area contributed by atoms with E-state index in [0.29, 0.717) is 56.2 Å². The summed E-state index contributed by atoms with van der Waals surface area (Å²) in [6.45, 7) is 3.25. The van der Waals surface area contributed by atoms with E-state index >= 15 is 0 Å². The number of rotatable bonds is 47. The Morgan fingerprint density at radius 2 is 1.16 bits per heavy atom. The lowest BCUT2D eigenvalue weighted by Crippen LogP contribution is -2.58. The number of carbonyl (C=O) groups is 8. The van der Waals surface area contributed by atoms with Crippen LogP contribution in [0.1, 0.15) is 149 Å². The van der Waals surface area contributed by atoms with Crippen LogP contribution in [-0.4, -0.2) is 201 Å². The number of quaternary nitrogens is 1. The van der Waals surface area contributed by atoms with Crippen molar-refractivity contribution in [2.75, 3.05) is 87.3 Å². The minimum absolute atomic E-state index is 0.0153. The number of hydrogen-bond acceptors (Lipinski definition) is 17. The number of carboxylic acids is 1. The normalized spacial score (nSPS) is 14.7. The van der Waals surface area contributed by atoms with Gasteiger partial charge in [-0.25, -0.2) is 4.57 Å². The molecule has 0 aliphatic rings. The number of hydrogen-bond donors (Lipinski definition) is 10. The SMILES string of the molecule is CCCCCCCCCCCCCCCC(=O)OC[C@H](COP(=O)(O)OCC[N+](C)(C)C)OC(=O)CCCCN(C)CCCC[C@H](NC(=O)[C@@H](NC(=O)CNC(=O)[C@@H](N)[C@@H](C)O)[C@@H](C)O)C(=O)NCC(=O)NCC(=O)O. The molecule has 0 aromatic rings. The summed E-state index contributed by atoms with van der Waals surface area (Å²) in [6, 6.07) is -4.19. The molecule has 11 N–H and O–H groups in total. The third-order valence-electron chi connectivity index (χ3n) is 11.9. The number of phosphoric ester groups is 1. The highest BCUT2D eigenvalue weighted by atomic mass is 31.2. The third-order valence-corrected chi connectivity index (χ3v) is 12.9. The molecule has 0 heterocycles. The van der Waals surface area contributed by atoms with E-state index in [0.717, 1.165) is 19.3 Å². The van der Waals surface area contributed by atoms with Crippen molar-refractivity contribution in [2.24, 2.45) is 5.73 Å². The molecule has 442 valence electrons. The van der Waals surface area contributed by atoms with Crippen molar-refractivity contribution in [1.82, 2.24) is 31.5 Å². The zero-order valence-corrected chi connectivity index (χ0v) is 47.4. The highest BCUT2D eigenvalue weighted by Crippen LogP contribution is 2.43. The average molecular weight is 1110 g/mol. The van der Waals surface area contributed by atoms with E-state index in [1.54, 1.807) is 0 Å². The first kappa shape index (κ1) is 71.7. The molecule has 0 radical (unpaired) electrons. The van der Waals surface area contributed by atoms with Gasteiger partial charge in [0.15, 0.2) is 6.10 Å². The number of aliphatic hydroxyl groups excluding tert-OH is 2. The van der Waals surface area contributed by atoms with Crippen LogP contribution in [0.3, 0.4) is 0 Å². The van der Waals surface area contributed by atoms with Gasteiger partial charge in [-0.05, 0) is 72.5 Å². The van der Waals surface area contributed by atoms with Crippen LogP contribution < -0.4 is 32.3 Å². The van der Waals surface area contributed by atoms with Gasteiger partial charge in [-0.3, -0.25) is 47.4 Å². The molecule has 0 saturated heterocycles. The maximum absolute atomic E-state index is 13.3. The number of amides is 5. The average Bonchev–Trinajstić information content (AvgIpc) is 3.34. The standard InChI is InChI=1S/C50H95N8O17P/c1-8-9-10-11-12-13-14-15-16-17-18-19-20-26-44(65)72-35-39(36-74-76(70,71)73-31-30-58(5,6)7)75-45(66)27-22-24-29-57(4)28-23-21-25-40(48(67)53-32-41(61)52-34-43(63)64)55-50(69)47(38(3)60)56-42(62)33-54-49(68)46(51)37(2)59/h37-40,46-47,59-60H,8-36,51H2,1-7H3,(H6-,52,53,54,55,56,61,62,63,64,67,68,69,70,71)/p+1/t37-,38-,39-,40+,46+,47+/m1/s1. The largest absolute Gasteiger partial charge is 0.480 e. The smallest absolute Gasteiger partial charge is 0.472 e. The summed E-state index contributed by atoms with van der Waals surface area (Å²) in [6.07, 6.45) is 13.3. The van der Waals surface area contributed by atoms with E-state index in [9.17, 15) is 58.0 Å². The minimum atomic E-state index is -4.53. The maximum Gasteiger partial charge on any atom is 0.472 e. The highest BCUT2D eigenvalue weighted by molar-refractivity contribution is 7.47. The highest BCUT2D eigenvalue weighted by Gasteiger charge is 2.31. The van der Waals surface area contributed by atoms with Crippen LogP contribution in [0.25, 0.3) is 0 Å². The molecule has 7 atom stereocenters. The van der Waals surface area contributed by atoms with Gasteiger partial charge in [0.2, 0.25) is 29.5 Å². The molecule has 0 aromatic heterocycles. The summed E-state index contributed by atoms with van der Waals surface area (Å²) in [5.74, 6) is -6.72. The Morgan fingerprint density at radius 3 is 1.71 bits per heavy atom. The second-order valence-electron chi connectivity index (χ2n) is 20.4. The summed E-state index contributed by atoms with van der Waals surface area (Å²) < 4.78 is 34.3. The Labute approximate surface area is 450 Å². The van der Waals surface area contributed by atoms with Crippen LogP contribution >= 0.6 is 7.82 Å². The second-order valence-corrected chi connectivity index (χ2v) is 21.8. The van der Waals surface area contributed by atoms with Gasteiger partial charge in [-0.2, -0.15) is 0 Å². The molecule has 0 fully saturated rings. The van der Waals surface area contributed by atoms with Crippen molar-refractivity contribution in [1.29, 1.82) is 0 Å². The summed E-state index contributed by atoms with van der Waals surface area (Å²) in [5.41, 5.74) is 5.56. The topological polar surface area (TPSA) is 361 Å². The van der Waals surface area contributed by atoms with Crippen LogP contribution in [-0.2, 0) is 61.4 Å². The molecule has 0 aliphatic carbocycles. The number of nitrogens with zero attached hydrogens (tertiary/aromatic N) is 2. The first-order valence-electron chi connectivity index (χ1n) is 27.0. The number of ether oxygens (including phenoxy) is 2. The van der Waals surface area contributed by atoms with Gasteiger partial charge in [0.25, 0.3) is 0 Å². The maximum atomic E-state index is 13.3. The van der Waals surface area contributed by atoms with Gasteiger partial charge in [-0.15, -0.1) is 0 Å². The van der Waals surface area contributed by atoms with E-state index in [-0.39, 0.29) is 32.5 Å². The van der Waals surface area contributed by atoms with Crippen LogP contribution in [0.4, 0.5) is 0 Å². The Hall–Kier alpha value is -4.33. The summed E-state index contributed by atoms with van der Waals surface area (Å²) in [4.78, 5) is 112. The number of nitrogens with one attached hydrogen (secondary N) is 5. The lowest BCUT2D eigenvalue weighted by Gasteiger charge is -2.25. The zero-order valence-electron chi connectivity index (χ0n) is 46.5. The van der Waals surface area contributed by atoms with E-state index in [4.69, 9.17) is 29.4 Å². The van der Waals surface area contributed by atoms with Gasteiger partial charge >= 0.3 is 25.7 Å².